The molecule has 0 spiro atoms. The summed E-state index contributed by atoms with van der Waals surface area (Å²) >= 11 is 0. The summed E-state index contributed by atoms with van der Waals surface area (Å²) in [6.07, 6.45) is 0. The molecule has 0 amide bonds. The predicted octanol–water partition coefficient (Wildman–Crippen LogP) is 2.26. The minimum Gasteiger partial charge on any atom is -0.504 e. The molecule has 0 saturated heterocycles. The summed E-state index contributed by atoms with van der Waals surface area (Å²) in [5, 5.41) is 18.5. The molecule has 0 bridgehead atoms. The molecule has 0 fully saturated rings. The number of phenols is 2. The number of phenolic OH excluding ortho intramolecular Hbond substituents is 2. The second-order valence-electron chi connectivity index (χ2n) is 5.86. The maximum Gasteiger partial charge on any atom is 0.176 e. The summed E-state index contributed by atoms with van der Waals surface area (Å²) in [5.74, 6) is -0.550. The van der Waals surface area contributed by atoms with Gasteiger partial charge < -0.3 is 10.2 Å². The molecule has 100 valence electrons. The average Bonchev–Trinajstić information content (AvgIpc) is 2.18. The van der Waals surface area contributed by atoms with Gasteiger partial charge >= 0.3 is 0 Å². The van der Waals surface area contributed by atoms with Gasteiger partial charge in [-0.05, 0) is 30.7 Å². The van der Waals surface area contributed by atoms with E-state index < -0.39 is 0 Å². The minimum absolute atomic E-state index is 0.0722. The van der Waals surface area contributed by atoms with Gasteiger partial charge in [0.2, 0.25) is 0 Å². The monoisotopic (exact) mass is 251 g/mol. The molecular formula is C14H21NO3. The topological polar surface area (TPSA) is 60.8 Å². The van der Waals surface area contributed by atoms with Crippen LogP contribution in [0.2, 0.25) is 0 Å². The molecule has 4 nitrogen and oxygen atoms in total. The SMILES string of the molecule is CN(CC(=O)c1ccc(O)c(O)c1)CC(C)(C)C. The number of ketones is 1. The van der Waals surface area contributed by atoms with Crippen LogP contribution in [0.15, 0.2) is 18.2 Å². The first-order valence-electron chi connectivity index (χ1n) is 5.93. The van der Waals surface area contributed by atoms with Crippen LogP contribution in [0, 0.1) is 5.41 Å². The lowest BCUT2D eigenvalue weighted by Gasteiger charge is -2.25. The second kappa shape index (κ2) is 5.40. The Bertz CT molecular complexity index is 435. The highest BCUT2D eigenvalue weighted by Crippen LogP contribution is 2.25. The smallest absolute Gasteiger partial charge is 0.176 e. The van der Waals surface area contributed by atoms with Crippen molar-refractivity contribution in [2.45, 2.75) is 20.8 Å². The van der Waals surface area contributed by atoms with Crippen molar-refractivity contribution in [3.63, 3.8) is 0 Å². The third kappa shape index (κ3) is 4.37. The lowest BCUT2D eigenvalue weighted by atomic mass is 9.96. The van der Waals surface area contributed by atoms with Crippen LogP contribution in [0.1, 0.15) is 31.1 Å². The number of aromatic hydroxyl groups is 2. The summed E-state index contributed by atoms with van der Waals surface area (Å²) < 4.78 is 0. The highest BCUT2D eigenvalue weighted by atomic mass is 16.3. The molecule has 1 rings (SSSR count). The Kier molecular flexibility index (Phi) is 4.35. The van der Waals surface area contributed by atoms with E-state index >= 15 is 0 Å². The molecule has 0 aliphatic heterocycles. The minimum atomic E-state index is -0.265. The number of Topliss-reactive ketones (excluding diaryl/α,β-unsaturated/α-hetero) is 1. The van der Waals surface area contributed by atoms with Gasteiger partial charge in [-0.1, -0.05) is 20.8 Å². The maximum absolute atomic E-state index is 12.0. The van der Waals surface area contributed by atoms with Crippen LogP contribution < -0.4 is 0 Å². The number of likely N-dealkylation sites (N-methyl/N-ethyl adjacent to an activating group) is 1. The van der Waals surface area contributed by atoms with E-state index in [0.29, 0.717) is 12.1 Å². The zero-order chi connectivity index (χ0) is 13.9. The van der Waals surface area contributed by atoms with Crippen molar-refractivity contribution in [1.29, 1.82) is 0 Å². The van der Waals surface area contributed by atoms with Crippen LogP contribution in [0.25, 0.3) is 0 Å². The van der Waals surface area contributed by atoms with E-state index in [2.05, 4.69) is 20.8 Å². The second-order valence-corrected chi connectivity index (χ2v) is 5.86. The summed E-state index contributed by atoms with van der Waals surface area (Å²) in [7, 11) is 1.89. The number of rotatable bonds is 4. The van der Waals surface area contributed by atoms with Gasteiger partial charge in [-0.3, -0.25) is 9.69 Å². The Labute approximate surface area is 108 Å². The van der Waals surface area contributed by atoms with Crippen LogP contribution in [0.5, 0.6) is 11.5 Å². The summed E-state index contributed by atoms with van der Waals surface area (Å²) in [5.41, 5.74) is 0.539. The molecule has 1 aromatic carbocycles. The van der Waals surface area contributed by atoms with Crippen molar-refractivity contribution in [2.24, 2.45) is 5.41 Å². The molecule has 2 N–H and O–H groups in total. The Morgan fingerprint density at radius 2 is 1.83 bits per heavy atom. The Hall–Kier alpha value is -1.55. The number of nitrogens with zero attached hydrogens (tertiary/aromatic N) is 1. The van der Waals surface area contributed by atoms with Gasteiger partial charge in [0.05, 0.1) is 6.54 Å². The molecule has 0 saturated carbocycles. The van der Waals surface area contributed by atoms with Crippen LogP contribution in [-0.2, 0) is 0 Å². The zero-order valence-corrected chi connectivity index (χ0v) is 11.4. The molecule has 1 aromatic rings. The fraction of sp³-hybridized carbons (Fsp3) is 0.500. The largest absolute Gasteiger partial charge is 0.504 e. The Morgan fingerprint density at radius 3 is 2.33 bits per heavy atom. The maximum atomic E-state index is 12.0. The van der Waals surface area contributed by atoms with E-state index in [9.17, 15) is 15.0 Å². The molecule has 4 heteroatoms. The van der Waals surface area contributed by atoms with Crippen molar-refractivity contribution in [3.8, 4) is 11.5 Å². The van der Waals surface area contributed by atoms with Crippen molar-refractivity contribution in [3.05, 3.63) is 23.8 Å². The van der Waals surface area contributed by atoms with Gasteiger partial charge in [0.15, 0.2) is 17.3 Å². The van der Waals surface area contributed by atoms with Gasteiger partial charge in [-0.15, -0.1) is 0 Å². The van der Waals surface area contributed by atoms with E-state index in [1.807, 2.05) is 11.9 Å². The molecule has 0 heterocycles. The fourth-order valence-corrected chi connectivity index (χ4v) is 1.90. The molecule has 0 aliphatic rings. The van der Waals surface area contributed by atoms with E-state index in [4.69, 9.17) is 0 Å². The first kappa shape index (κ1) is 14.5. The van der Waals surface area contributed by atoms with Crippen molar-refractivity contribution < 1.29 is 15.0 Å². The molecule has 0 unspecified atom stereocenters. The van der Waals surface area contributed by atoms with Gasteiger partial charge in [-0.25, -0.2) is 0 Å². The van der Waals surface area contributed by atoms with Gasteiger partial charge in [0.25, 0.3) is 0 Å². The summed E-state index contributed by atoms with van der Waals surface area (Å²) in [6, 6.07) is 4.14. The lowest BCUT2D eigenvalue weighted by molar-refractivity contribution is 0.0926. The van der Waals surface area contributed by atoms with Gasteiger partial charge in [0.1, 0.15) is 0 Å². The number of benzene rings is 1. The lowest BCUT2D eigenvalue weighted by Crippen LogP contribution is -2.33. The summed E-state index contributed by atoms with van der Waals surface area (Å²) in [4.78, 5) is 13.9. The third-order valence-corrected chi connectivity index (χ3v) is 2.46. The number of hydrogen-bond acceptors (Lipinski definition) is 4. The first-order chi connectivity index (χ1) is 8.19. The van der Waals surface area contributed by atoms with Crippen LogP contribution in [0.3, 0.4) is 0 Å². The summed E-state index contributed by atoms with van der Waals surface area (Å²) in [6.45, 7) is 7.44. The number of carbonyl (C=O) groups is 1. The Morgan fingerprint density at radius 1 is 1.22 bits per heavy atom. The zero-order valence-electron chi connectivity index (χ0n) is 11.4. The molecule has 0 aromatic heterocycles. The van der Waals surface area contributed by atoms with Crippen LogP contribution in [-0.4, -0.2) is 41.0 Å². The highest BCUT2D eigenvalue weighted by Gasteiger charge is 2.17. The molecule has 18 heavy (non-hydrogen) atoms. The highest BCUT2D eigenvalue weighted by molar-refractivity contribution is 5.98. The quantitative estimate of drug-likeness (QED) is 0.636. The van der Waals surface area contributed by atoms with Crippen LogP contribution in [0.4, 0.5) is 0 Å². The van der Waals surface area contributed by atoms with Gasteiger partial charge in [0, 0.05) is 12.1 Å². The van der Waals surface area contributed by atoms with Gasteiger partial charge in [-0.2, -0.15) is 0 Å². The van der Waals surface area contributed by atoms with Crippen molar-refractivity contribution in [1.82, 2.24) is 4.90 Å². The normalized spacial score (nSPS) is 11.8. The van der Waals surface area contributed by atoms with E-state index in [1.54, 1.807) is 0 Å². The third-order valence-electron chi connectivity index (χ3n) is 2.46. The van der Waals surface area contributed by atoms with Crippen LogP contribution >= 0.6 is 0 Å². The van der Waals surface area contributed by atoms with E-state index in [-0.39, 0.29) is 22.7 Å². The number of carbonyl (C=O) groups excluding carboxylic acids is 1. The molecule has 0 radical (unpaired) electrons. The molecule has 0 atom stereocenters. The van der Waals surface area contributed by atoms with E-state index in [1.165, 1.54) is 18.2 Å². The van der Waals surface area contributed by atoms with E-state index in [0.717, 1.165) is 6.54 Å². The standard InChI is InChI=1S/C14H21NO3/c1-14(2,3)9-15(4)8-13(18)10-5-6-11(16)12(17)7-10/h5-7,16-17H,8-9H2,1-4H3. The number of hydrogen-bond donors (Lipinski definition) is 2. The average molecular weight is 251 g/mol. The van der Waals surface area contributed by atoms with Crippen molar-refractivity contribution in [2.75, 3.05) is 20.1 Å². The predicted molar refractivity (Wildman–Crippen MR) is 71.1 cm³/mol. The Balaban J connectivity index is 2.68. The first-order valence-corrected chi connectivity index (χ1v) is 5.93. The fourth-order valence-electron chi connectivity index (χ4n) is 1.90. The molecule has 0 aliphatic carbocycles. The molecular weight excluding hydrogens is 230 g/mol. The van der Waals surface area contributed by atoms with Crippen molar-refractivity contribution >= 4 is 5.78 Å².